The molecule has 9 heteroatoms. The van der Waals surface area contributed by atoms with Crippen LogP contribution in [0.25, 0.3) is 0 Å². The zero-order chi connectivity index (χ0) is 29.4. The Hall–Kier alpha value is -2.29. The van der Waals surface area contributed by atoms with Crippen molar-refractivity contribution in [2.24, 2.45) is 17.8 Å². The number of unbranched alkanes of at least 4 members (excludes halogenated alkanes) is 1. The van der Waals surface area contributed by atoms with Gasteiger partial charge < -0.3 is 19.6 Å². The van der Waals surface area contributed by atoms with E-state index in [9.17, 15) is 19.5 Å². The summed E-state index contributed by atoms with van der Waals surface area (Å²) in [4.78, 5) is 46.0. The van der Waals surface area contributed by atoms with E-state index in [1.807, 2.05) is 39.8 Å². The van der Waals surface area contributed by atoms with Crippen LogP contribution in [0.15, 0.2) is 43.5 Å². The van der Waals surface area contributed by atoms with Crippen LogP contribution in [0.1, 0.15) is 52.0 Å². The smallest absolute Gasteiger partial charge is 0.311 e. The Kier molecular flexibility index (Phi) is 9.13. The quantitative estimate of drug-likeness (QED) is 0.206. The SMILES string of the molecule is C=CCCCOC(=O)[C@H]1[C@H]2C(=O)N([C@@H](CO)C(C)C)C(C(=O)N(CC=C)c3c(C)cccc3Cl)C23CC[C@]1(C)S3. The Labute approximate surface area is 246 Å². The molecule has 0 radical (unpaired) electrons. The molecule has 3 aliphatic heterocycles. The van der Waals surface area contributed by atoms with Crippen molar-refractivity contribution < 1.29 is 24.2 Å². The third kappa shape index (κ3) is 4.90. The molecule has 2 amide bonds. The first kappa shape index (κ1) is 30.7. The second-order valence-electron chi connectivity index (χ2n) is 11.7. The third-order valence-electron chi connectivity index (χ3n) is 8.85. The number of thioether (sulfide) groups is 1. The Bertz CT molecular complexity index is 1170. The van der Waals surface area contributed by atoms with Gasteiger partial charge in [-0.3, -0.25) is 14.4 Å². The second kappa shape index (κ2) is 11.9. The van der Waals surface area contributed by atoms with E-state index in [0.717, 1.165) is 12.0 Å². The normalized spacial score (nSPS) is 29.4. The molecule has 1 spiro atoms. The van der Waals surface area contributed by atoms with E-state index in [1.54, 1.807) is 39.8 Å². The molecule has 0 saturated carbocycles. The minimum absolute atomic E-state index is 0.114. The standard InChI is InChI=1S/C31H41ClN2O5S/c1-7-9-10-17-39-29(38)24-23-27(36)34(22(18-35)19(3)4)26(31(23)15-14-30(24,6)40-31)28(37)33(16-8-2)25-20(5)12-11-13-21(25)32/h7-8,11-13,19,22-24,26,35H,1-2,9-10,14-18H2,3-6H3/t22-,23-,24+,26?,30-,31?/m0/s1. The highest BCUT2D eigenvalue weighted by Gasteiger charge is 2.78. The number of anilines is 1. The van der Waals surface area contributed by atoms with Gasteiger partial charge in [0.2, 0.25) is 5.91 Å². The minimum atomic E-state index is -0.884. The molecule has 7 nitrogen and oxygen atoms in total. The molecule has 1 aromatic carbocycles. The van der Waals surface area contributed by atoms with Crippen molar-refractivity contribution in [1.82, 2.24) is 4.90 Å². The first-order chi connectivity index (χ1) is 19.0. The highest BCUT2D eigenvalue weighted by molar-refractivity contribution is 8.02. The maximum atomic E-state index is 14.8. The Morgan fingerprint density at radius 3 is 2.62 bits per heavy atom. The monoisotopic (exact) mass is 588 g/mol. The maximum Gasteiger partial charge on any atom is 0.311 e. The molecule has 1 N–H and O–H groups in total. The largest absolute Gasteiger partial charge is 0.465 e. The predicted molar refractivity (Wildman–Crippen MR) is 160 cm³/mol. The molecular formula is C31H41ClN2O5S. The molecule has 218 valence electrons. The van der Waals surface area contributed by atoms with E-state index in [4.69, 9.17) is 16.3 Å². The average molecular weight is 589 g/mol. The van der Waals surface area contributed by atoms with E-state index in [-0.39, 0.29) is 43.5 Å². The lowest BCUT2D eigenvalue weighted by Gasteiger charge is -2.41. The first-order valence-corrected chi connectivity index (χ1v) is 15.3. The molecule has 6 atom stereocenters. The van der Waals surface area contributed by atoms with Crippen LogP contribution in [0.2, 0.25) is 5.02 Å². The van der Waals surface area contributed by atoms with Crippen molar-refractivity contribution in [1.29, 1.82) is 0 Å². The first-order valence-electron chi connectivity index (χ1n) is 14.1. The fourth-order valence-electron chi connectivity index (χ4n) is 7.00. The topological polar surface area (TPSA) is 87.1 Å². The van der Waals surface area contributed by atoms with Gasteiger partial charge in [-0.05, 0) is 57.1 Å². The van der Waals surface area contributed by atoms with Crippen LogP contribution in [-0.2, 0) is 19.1 Å². The molecule has 2 unspecified atom stereocenters. The van der Waals surface area contributed by atoms with E-state index < -0.39 is 33.4 Å². The number of esters is 1. The number of aliphatic hydroxyl groups is 1. The molecular weight excluding hydrogens is 548 g/mol. The molecule has 4 rings (SSSR count). The van der Waals surface area contributed by atoms with E-state index in [2.05, 4.69) is 13.2 Å². The van der Waals surface area contributed by atoms with Crippen LogP contribution in [0, 0.1) is 24.7 Å². The lowest BCUT2D eigenvalue weighted by Crippen LogP contribution is -2.58. The zero-order valence-electron chi connectivity index (χ0n) is 23.9. The van der Waals surface area contributed by atoms with E-state index >= 15 is 0 Å². The number of ether oxygens (including phenoxy) is 1. The summed E-state index contributed by atoms with van der Waals surface area (Å²) in [6.07, 6.45) is 6.11. The van der Waals surface area contributed by atoms with Gasteiger partial charge in [-0.1, -0.05) is 49.7 Å². The summed E-state index contributed by atoms with van der Waals surface area (Å²) >= 11 is 8.23. The molecule has 3 fully saturated rings. The number of hydrogen-bond acceptors (Lipinski definition) is 6. The number of carbonyl (C=O) groups is 3. The predicted octanol–water partition coefficient (Wildman–Crippen LogP) is 5.18. The van der Waals surface area contributed by atoms with Gasteiger partial charge in [-0.2, -0.15) is 0 Å². The number of amides is 2. The highest BCUT2D eigenvalue weighted by Crippen LogP contribution is 2.72. The van der Waals surface area contributed by atoms with Crippen molar-refractivity contribution in [2.45, 2.75) is 75.0 Å². The highest BCUT2D eigenvalue weighted by atomic mass is 35.5. The molecule has 3 saturated heterocycles. The summed E-state index contributed by atoms with van der Waals surface area (Å²) in [6, 6.07) is 4.00. The Morgan fingerprint density at radius 2 is 2.02 bits per heavy atom. The Balaban J connectivity index is 1.83. The van der Waals surface area contributed by atoms with E-state index in [0.29, 0.717) is 30.0 Å². The minimum Gasteiger partial charge on any atom is -0.465 e. The van der Waals surface area contributed by atoms with Gasteiger partial charge in [0, 0.05) is 11.3 Å². The number of nitrogens with zero attached hydrogens (tertiary/aromatic N) is 2. The van der Waals surface area contributed by atoms with Crippen LogP contribution in [0.5, 0.6) is 0 Å². The number of aryl methyl sites for hydroxylation is 1. The lowest BCUT2D eigenvalue weighted by atomic mass is 9.66. The molecule has 0 aromatic heterocycles. The molecule has 40 heavy (non-hydrogen) atoms. The summed E-state index contributed by atoms with van der Waals surface area (Å²) < 4.78 is 4.34. The van der Waals surface area contributed by atoms with Crippen LogP contribution >= 0.6 is 23.4 Å². The van der Waals surface area contributed by atoms with Crippen LogP contribution < -0.4 is 4.90 Å². The van der Waals surface area contributed by atoms with Crippen molar-refractivity contribution >= 4 is 46.8 Å². The number of aliphatic hydroxyl groups excluding tert-OH is 1. The summed E-state index contributed by atoms with van der Waals surface area (Å²) in [5.41, 5.74) is 1.40. The number of para-hydroxylation sites is 1. The van der Waals surface area contributed by atoms with Crippen molar-refractivity contribution in [3.8, 4) is 0 Å². The van der Waals surface area contributed by atoms with Gasteiger partial charge in [0.15, 0.2) is 0 Å². The van der Waals surface area contributed by atoms with E-state index in [1.165, 1.54) is 0 Å². The number of benzene rings is 1. The van der Waals surface area contributed by atoms with Gasteiger partial charge >= 0.3 is 5.97 Å². The molecule has 3 aliphatic rings. The fraction of sp³-hybridized carbons (Fsp3) is 0.581. The number of rotatable bonds is 12. The zero-order valence-corrected chi connectivity index (χ0v) is 25.5. The van der Waals surface area contributed by atoms with Crippen molar-refractivity contribution in [3.05, 3.63) is 54.1 Å². The molecule has 0 aliphatic carbocycles. The molecule has 3 heterocycles. The van der Waals surface area contributed by atoms with Gasteiger partial charge in [0.05, 0.1) is 46.5 Å². The number of allylic oxidation sites excluding steroid dienone is 1. The molecule has 2 bridgehead atoms. The van der Waals surface area contributed by atoms with Crippen molar-refractivity contribution in [3.63, 3.8) is 0 Å². The lowest BCUT2D eigenvalue weighted by molar-refractivity contribution is -0.156. The number of likely N-dealkylation sites (tertiary alicyclic amines) is 1. The summed E-state index contributed by atoms with van der Waals surface area (Å²) in [6.45, 7) is 15.5. The fourth-order valence-corrected chi connectivity index (χ4v) is 9.65. The summed E-state index contributed by atoms with van der Waals surface area (Å²) in [5, 5.41) is 10.9. The van der Waals surface area contributed by atoms with Gasteiger partial charge in [0.25, 0.3) is 5.91 Å². The second-order valence-corrected chi connectivity index (χ2v) is 14.0. The average Bonchev–Trinajstić information content (AvgIpc) is 3.47. The van der Waals surface area contributed by atoms with Gasteiger partial charge in [-0.15, -0.1) is 24.9 Å². The molecule has 1 aromatic rings. The van der Waals surface area contributed by atoms with Gasteiger partial charge in [0.1, 0.15) is 6.04 Å². The summed E-state index contributed by atoms with van der Waals surface area (Å²) in [7, 11) is 0. The number of halogens is 1. The maximum absolute atomic E-state index is 14.8. The van der Waals surface area contributed by atoms with Crippen LogP contribution in [-0.4, -0.2) is 69.1 Å². The summed E-state index contributed by atoms with van der Waals surface area (Å²) in [5.74, 6) is -2.43. The van der Waals surface area contributed by atoms with Gasteiger partial charge in [-0.25, -0.2) is 0 Å². The van der Waals surface area contributed by atoms with Crippen LogP contribution in [0.4, 0.5) is 5.69 Å². The number of hydrogen-bond donors (Lipinski definition) is 1. The Morgan fingerprint density at radius 1 is 1.30 bits per heavy atom. The number of fused-ring (bicyclic) bond motifs is 1. The van der Waals surface area contributed by atoms with Crippen molar-refractivity contribution in [2.75, 3.05) is 24.7 Å². The third-order valence-corrected chi connectivity index (χ3v) is 11.1. The number of carbonyl (C=O) groups excluding carboxylic acids is 3. The van der Waals surface area contributed by atoms with Crippen LogP contribution in [0.3, 0.4) is 0 Å².